The number of thiocarbonyl (C=S) groups is 1. The lowest BCUT2D eigenvalue weighted by molar-refractivity contribution is -0.146. The molecule has 2 amide bonds. The third-order valence-electron chi connectivity index (χ3n) is 4.29. The van der Waals surface area contributed by atoms with Gasteiger partial charge in [-0.3, -0.25) is 14.4 Å². The number of nitrogens with one attached hydrogen (secondary N) is 3. The van der Waals surface area contributed by atoms with Gasteiger partial charge < -0.3 is 30.2 Å². The number of methoxy groups -OCH3 is 1. The number of para-hydroxylation sites is 1. The normalized spacial score (nSPS) is 15.3. The van der Waals surface area contributed by atoms with Crippen molar-refractivity contribution in [2.45, 2.75) is 31.8 Å². The third kappa shape index (κ3) is 8.44. The first kappa shape index (κ1) is 23.7. The van der Waals surface area contributed by atoms with Crippen molar-refractivity contribution in [1.82, 2.24) is 10.6 Å². The Morgan fingerprint density at radius 2 is 2.00 bits per heavy atom. The number of esters is 1. The SMILES string of the molecule is COCCOC(=O)CCC(=O)NC(=S)Nc1ccccc1C(=O)NCC1CCCO1. The van der Waals surface area contributed by atoms with E-state index < -0.39 is 11.9 Å². The van der Waals surface area contributed by atoms with Gasteiger partial charge in [0.25, 0.3) is 5.91 Å². The van der Waals surface area contributed by atoms with Crippen molar-refractivity contribution in [3.05, 3.63) is 29.8 Å². The molecule has 1 heterocycles. The molecule has 30 heavy (non-hydrogen) atoms. The van der Waals surface area contributed by atoms with Gasteiger partial charge >= 0.3 is 5.97 Å². The van der Waals surface area contributed by atoms with E-state index in [1.807, 2.05) is 0 Å². The van der Waals surface area contributed by atoms with Crippen LogP contribution in [-0.2, 0) is 23.8 Å². The average Bonchev–Trinajstić information content (AvgIpc) is 3.25. The molecule has 0 spiro atoms. The summed E-state index contributed by atoms with van der Waals surface area (Å²) in [7, 11) is 1.50. The zero-order valence-corrected chi connectivity index (χ0v) is 17.7. The Bertz CT molecular complexity index is 752. The van der Waals surface area contributed by atoms with Crippen LogP contribution in [0.4, 0.5) is 5.69 Å². The van der Waals surface area contributed by atoms with E-state index in [2.05, 4.69) is 16.0 Å². The van der Waals surface area contributed by atoms with Gasteiger partial charge in [-0.05, 0) is 37.2 Å². The molecule has 1 aliphatic rings. The lowest BCUT2D eigenvalue weighted by Crippen LogP contribution is -2.36. The third-order valence-corrected chi connectivity index (χ3v) is 4.50. The van der Waals surface area contributed by atoms with Crippen LogP contribution in [0.3, 0.4) is 0 Å². The van der Waals surface area contributed by atoms with Crippen molar-refractivity contribution in [1.29, 1.82) is 0 Å². The first-order valence-corrected chi connectivity index (χ1v) is 10.1. The van der Waals surface area contributed by atoms with Gasteiger partial charge in [-0.1, -0.05) is 12.1 Å². The quantitative estimate of drug-likeness (QED) is 0.286. The first-order chi connectivity index (χ1) is 14.5. The van der Waals surface area contributed by atoms with Crippen molar-refractivity contribution >= 4 is 40.8 Å². The molecule has 1 aliphatic heterocycles. The maximum absolute atomic E-state index is 12.5. The number of rotatable bonds is 10. The fourth-order valence-electron chi connectivity index (χ4n) is 2.77. The monoisotopic (exact) mass is 437 g/mol. The number of anilines is 1. The van der Waals surface area contributed by atoms with Gasteiger partial charge in [0.1, 0.15) is 6.61 Å². The minimum absolute atomic E-state index is 0.0344. The zero-order valence-electron chi connectivity index (χ0n) is 16.9. The molecule has 0 saturated carbocycles. The Balaban J connectivity index is 1.79. The van der Waals surface area contributed by atoms with Crippen molar-refractivity contribution in [3.8, 4) is 0 Å². The van der Waals surface area contributed by atoms with Gasteiger partial charge in [0.05, 0.1) is 30.4 Å². The molecular formula is C20H27N3O6S. The summed E-state index contributed by atoms with van der Waals surface area (Å²) in [6.45, 7) is 1.60. The summed E-state index contributed by atoms with van der Waals surface area (Å²) < 4.78 is 15.2. The highest BCUT2D eigenvalue weighted by molar-refractivity contribution is 7.80. The summed E-state index contributed by atoms with van der Waals surface area (Å²) in [6.07, 6.45) is 1.82. The molecule has 10 heteroatoms. The maximum atomic E-state index is 12.5. The average molecular weight is 438 g/mol. The van der Waals surface area contributed by atoms with Gasteiger partial charge in [0, 0.05) is 26.7 Å². The van der Waals surface area contributed by atoms with Crippen LogP contribution in [0.15, 0.2) is 24.3 Å². The highest BCUT2D eigenvalue weighted by Gasteiger charge is 2.18. The molecule has 1 fully saturated rings. The molecule has 2 rings (SSSR count). The second-order valence-corrected chi connectivity index (χ2v) is 7.01. The van der Waals surface area contributed by atoms with Crippen LogP contribution in [0, 0.1) is 0 Å². The summed E-state index contributed by atoms with van der Waals surface area (Å²) in [6, 6.07) is 6.84. The molecule has 0 aromatic heterocycles. The lowest BCUT2D eigenvalue weighted by Gasteiger charge is -2.15. The van der Waals surface area contributed by atoms with Crippen molar-refractivity contribution in [2.24, 2.45) is 0 Å². The minimum Gasteiger partial charge on any atom is -0.463 e. The molecule has 3 N–H and O–H groups in total. The highest BCUT2D eigenvalue weighted by atomic mass is 32.1. The van der Waals surface area contributed by atoms with Crippen molar-refractivity contribution < 1.29 is 28.6 Å². The van der Waals surface area contributed by atoms with E-state index in [4.69, 9.17) is 26.4 Å². The minimum atomic E-state index is -0.491. The molecule has 0 aliphatic carbocycles. The van der Waals surface area contributed by atoms with Gasteiger partial charge in [-0.25, -0.2) is 0 Å². The van der Waals surface area contributed by atoms with E-state index in [1.54, 1.807) is 24.3 Å². The zero-order chi connectivity index (χ0) is 21.8. The van der Waals surface area contributed by atoms with Gasteiger partial charge in [0.2, 0.25) is 5.91 Å². The molecule has 9 nitrogen and oxygen atoms in total. The molecule has 1 saturated heterocycles. The molecule has 0 radical (unpaired) electrons. The van der Waals surface area contributed by atoms with Gasteiger partial charge in [0.15, 0.2) is 5.11 Å². The van der Waals surface area contributed by atoms with Crippen molar-refractivity contribution in [2.75, 3.05) is 38.8 Å². The number of hydrogen-bond acceptors (Lipinski definition) is 7. The Morgan fingerprint density at radius 1 is 1.20 bits per heavy atom. The van der Waals surface area contributed by atoms with Crippen LogP contribution in [0.25, 0.3) is 0 Å². The summed E-state index contributed by atoms with van der Waals surface area (Å²) in [4.78, 5) is 36.0. The number of ether oxygens (including phenoxy) is 3. The summed E-state index contributed by atoms with van der Waals surface area (Å²) >= 11 is 5.15. The fraction of sp³-hybridized carbons (Fsp3) is 0.500. The highest BCUT2D eigenvalue weighted by Crippen LogP contribution is 2.16. The lowest BCUT2D eigenvalue weighted by atomic mass is 10.1. The largest absolute Gasteiger partial charge is 0.463 e. The smallest absolute Gasteiger partial charge is 0.306 e. The Kier molecular flexibility index (Phi) is 10.2. The standard InChI is InChI=1S/C20H27N3O6S/c1-27-11-12-29-18(25)9-8-17(24)23-20(30)22-16-7-3-2-6-15(16)19(26)21-13-14-5-4-10-28-14/h2-3,6-7,14H,4-5,8-13H2,1H3,(H,21,26)(H2,22,23,24,30). The number of carbonyl (C=O) groups excluding carboxylic acids is 3. The predicted molar refractivity (Wildman–Crippen MR) is 114 cm³/mol. The van der Waals surface area contributed by atoms with E-state index in [-0.39, 0.29) is 36.6 Å². The van der Waals surface area contributed by atoms with E-state index >= 15 is 0 Å². The maximum Gasteiger partial charge on any atom is 0.306 e. The molecule has 164 valence electrons. The molecule has 1 aromatic carbocycles. The van der Waals surface area contributed by atoms with Crippen LogP contribution >= 0.6 is 12.2 Å². The van der Waals surface area contributed by atoms with Crippen LogP contribution in [0.2, 0.25) is 0 Å². The van der Waals surface area contributed by atoms with E-state index in [0.717, 1.165) is 19.4 Å². The predicted octanol–water partition coefficient (Wildman–Crippen LogP) is 1.38. The topological polar surface area (TPSA) is 115 Å². The molecular weight excluding hydrogens is 410 g/mol. The van der Waals surface area contributed by atoms with Crippen molar-refractivity contribution in [3.63, 3.8) is 0 Å². The number of carbonyl (C=O) groups is 3. The van der Waals surface area contributed by atoms with E-state index in [9.17, 15) is 14.4 Å². The van der Waals surface area contributed by atoms with E-state index in [0.29, 0.717) is 24.4 Å². The van der Waals surface area contributed by atoms with Crippen LogP contribution in [0.1, 0.15) is 36.0 Å². The molecule has 1 atom stereocenters. The molecule has 1 aromatic rings. The van der Waals surface area contributed by atoms with E-state index in [1.165, 1.54) is 7.11 Å². The van der Waals surface area contributed by atoms with Gasteiger partial charge in [-0.15, -0.1) is 0 Å². The second-order valence-electron chi connectivity index (χ2n) is 6.61. The second kappa shape index (κ2) is 12.9. The van der Waals surface area contributed by atoms with Gasteiger partial charge in [-0.2, -0.15) is 0 Å². The summed E-state index contributed by atoms with van der Waals surface area (Å²) in [5.41, 5.74) is 0.862. The Morgan fingerprint density at radius 3 is 2.73 bits per heavy atom. The van der Waals surface area contributed by atoms with Crippen LogP contribution in [0.5, 0.6) is 0 Å². The number of hydrogen-bond donors (Lipinski definition) is 3. The summed E-state index contributed by atoms with van der Waals surface area (Å²) in [5.74, 6) is -1.19. The molecule has 0 bridgehead atoms. The first-order valence-electron chi connectivity index (χ1n) is 9.74. The van der Waals surface area contributed by atoms with Crippen LogP contribution < -0.4 is 16.0 Å². The summed E-state index contributed by atoms with van der Waals surface area (Å²) in [5, 5.41) is 8.23. The number of amides is 2. The fourth-order valence-corrected chi connectivity index (χ4v) is 2.99. The Hall–Kier alpha value is -2.56. The Labute approximate surface area is 180 Å². The number of benzene rings is 1. The molecule has 1 unspecified atom stereocenters. The van der Waals surface area contributed by atoms with Crippen LogP contribution in [-0.4, -0.2) is 62.5 Å².